The number of nitrogens with zero attached hydrogens (tertiary/aromatic N) is 2. The molecule has 0 saturated heterocycles. The third kappa shape index (κ3) is 2.85. The Morgan fingerprint density at radius 1 is 0.647 bits per heavy atom. The first-order chi connectivity index (χ1) is 16.7. The SMILES string of the molecule is N#Cc1ccc2c(c1)C(c1ccccc1)(c1ccccc1)c1cccc(-c3cccnc3Cl)c1-2. The van der Waals surface area contributed by atoms with Crippen LogP contribution in [0.25, 0.3) is 22.3 Å². The molecule has 0 unspecified atom stereocenters. The summed E-state index contributed by atoms with van der Waals surface area (Å²) in [6, 6.07) is 39.8. The zero-order valence-electron chi connectivity index (χ0n) is 18.2. The Labute approximate surface area is 203 Å². The fourth-order valence-electron chi connectivity index (χ4n) is 5.42. The van der Waals surface area contributed by atoms with Gasteiger partial charge < -0.3 is 0 Å². The lowest BCUT2D eigenvalue weighted by Gasteiger charge is -2.34. The largest absolute Gasteiger partial charge is 0.244 e. The van der Waals surface area contributed by atoms with Gasteiger partial charge in [-0.2, -0.15) is 5.26 Å². The summed E-state index contributed by atoms with van der Waals surface area (Å²) in [7, 11) is 0. The number of aromatic nitrogens is 1. The average molecular weight is 455 g/mol. The maximum absolute atomic E-state index is 9.79. The molecular weight excluding hydrogens is 436 g/mol. The summed E-state index contributed by atoms with van der Waals surface area (Å²) < 4.78 is 0. The maximum atomic E-state index is 9.79. The minimum absolute atomic E-state index is 0.475. The van der Waals surface area contributed by atoms with E-state index < -0.39 is 5.41 Å². The molecule has 0 atom stereocenters. The lowest BCUT2D eigenvalue weighted by molar-refractivity contribution is 0.768. The van der Waals surface area contributed by atoms with Gasteiger partial charge in [0.2, 0.25) is 0 Å². The summed E-state index contributed by atoms with van der Waals surface area (Å²) in [5, 5.41) is 10.3. The molecule has 1 heterocycles. The van der Waals surface area contributed by atoms with Crippen molar-refractivity contribution in [3.05, 3.63) is 148 Å². The van der Waals surface area contributed by atoms with Crippen molar-refractivity contribution in [3.8, 4) is 28.3 Å². The first kappa shape index (κ1) is 20.4. The van der Waals surface area contributed by atoms with Crippen molar-refractivity contribution in [2.45, 2.75) is 5.41 Å². The zero-order valence-corrected chi connectivity index (χ0v) is 19.0. The number of rotatable bonds is 3. The molecule has 0 amide bonds. The third-order valence-corrected chi connectivity index (χ3v) is 7.05. The van der Waals surface area contributed by atoms with Gasteiger partial charge in [-0.15, -0.1) is 0 Å². The normalized spacial score (nSPS) is 13.1. The summed E-state index contributed by atoms with van der Waals surface area (Å²) in [4.78, 5) is 4.34. The fourth-order valence-corrected chi connectivity index (χ4v) is 5.64. The molecule has 2 nitrogen and oxygen atoms in total. The van der Waals surface area contributed by atoms with Crippen LogP contribution in [0.3, 0.4) is 0 Å². The monoisotopic (exact) mass is 454 g/mol. The van der Waals surface area contributed by atoms with Crippen molar-refractivity contribution in [1.82, 2.24) is 4.98 Å². The molecule has 0 bridgehead atoms. The van der Waals surface area contributed by atoms with Gasteiger partial charge in [0.15, 0.2) is 0 Å². The molecule has 0 radical (unpaired) electrons. The van der Waals surface area contributed by atoms with Gasteiger partial charge in [0, 0.05) is 11.8 Å². The van der Waals surface area contributed by atoms with Gasteiger partial charge in [-0.1, -0.05) is 96.5 Å². The van der Waals surface area contributed by atoms with Gasteiger partial charge in [-0.25, -0.2) is 4.98 Å². The van der Waals surface area contributed by atoms with Crippen LogP contribution in [0.4, 0.5) is 0 Å². The standard InChI is InChI=1S/C31H19ClN2/c32-30-25(14-8-18-34-30)24-13-7-15-27-29(24)26-17-16-21(20-33)19-28(26)31(27,22-9-3-1-4-10-22)23-11-5-2-6-12-23/h1-19H. The highest BCUT2D eigenvalue weighted by Gasteiger charge is 2.47. The number of hydrogen-bond donors (Lipinski definition) is 0. The van der Waals surface area contributed by atoms with Crippen LogP contribution in [-0.2, 0) is 5.41 Å². The second-order valence-electron chi connectivity index (χ2n) is 8.42. The molecule has 0 spiro atoms. The van der Waals surface area contributed by atoms with E-state index in [1.807, 2.05) is 36.4 Å². The van der Waals surface area contributed by atoms with E-state index >= 15 is 0 Å². The van der Waals surface area contributed by atoms with Crippen molar-refractivity contribution in [2.24, 2.45) is 0 Å². The van der Waals surface area contributed by atoms with Gasteiger partial charge in [0.1, 0.15) is 5.15 Å². The molecule has 5 aromatic rings. The Morgan fingerprint density at radius 3 is 1.97 bits per heavy atom. The molecule has 34 heavy (non-hydrogen) atoms. The smallest absolute Gasteiger partial charge is 0.136 e. The van der Waals surface area contributed by atoms with Crippen molar-refractivity contribution < 1.29 is 0 Å². The zero-order chi connectivity index (χ0) is 23.1. The summed E-state index contributed by atoms with van der Waals surface area (Å²) in [5.74, 6) is 0. The van der Waals surface area contributed by atoms with E-state index in [9.17, 15) is 5.26 Å². The molecule has 0 saturated carbocycles. The first-order valence-corrected chi connectivity index (χ1v) is 11.5. The lowest BCUT2D eigenvalue weighted by atomic mass is 9.67. The highest BCUT2D eigenvalue weighted by atomic mass is 35.5. The van der Waals surface area contributed by atoms with Crippen LogP contribution in [-0.4, -0.2) is 4.98 Å². The summed E-state index contributed by atoms with van der Waals surface area (Å²) in [5.41, 5.74) is 8.84. The predicted molar refractivity (Wildman–Crippen MR) is 137 cm³/mol. The molecular formula is C31H19ClN2. The van der Waals surface area contributed by atoms with E-state index in [2.05, 4.69) is 83.8 Å². The number of fused-ring (bicyclic) bond motifs is 3. The maximum Gasteiger partial charge on any atom is 0.136 e. The van der Waals surface area contributed by atoms with Crippen molar-refractivity contribution >= 4 is 11.6 Å². The van der Waals surface area contributed by atoms with E-state index in [0.29, 0.717) is 10.7 Å². The highest BCUT2D eigenvalue weighted by molar-refractivity contribution is 6.32. The van der Waals surface area contributed by atoms with Crippen LogP contribution in [0.1, 0.15) is 27.8 Å². The van der Waals surface area contributed by atoms with E-state index in [1.54, 1.807) is 6.20 Å². The Hall–Kier alpha value is -4.19. The third-order valence-electron chi connectivity index (χ3n) is 6.75. The Kier molecular flexibility index (Phi) is 4.80. The van der Waals surface area contributed by atoms with Crippen LogP contribution in [0.2, 0.25) is 5.15 Å². The topological polar surface area (TPSA) is 36.7 Å². The van der Waals surface area contributed by atoms with Crippen LogP contribution in [0.15, 0.2) is 115 Å². The molecule has 1 aromatic heterocycles. The van der Waals surface area contributed by atoms with Crippen LogP contribution in [0, 0.1) is 11.3 Å². The molecule has 0 N–H and O–H groups in total. The van der Waals surface area contributed by atoms with E-state index in [1.165, 1.54) is 5.56 Å². The first-order valence-electron chi connectivity index (χ1n) is 11.2. The summed E-state index contributed by atoms with van der Waals surface area (Å²) in [6.45, 7) is 0. The minimum Gasteiger partial charge on any atom is -0.244 e. The molecule has 0 fully saturated rings. The Bertz CT molecular complexity index is 1530. The second kappa shape index (κ2) is 7.99. The van der Waals surface area contributed by atoms with E-state index in [0.717, 1.165) is 38.9 Å². The lowest BCUT2D eigenvalue weighted by Crippen LogP contribution is -2.28. The Balaban J connectivity index is 1.81. The number of halogens is 1. The van der Waals surface area contributed by atoms with Crippen LogP contribution >= 0.6 is 11.6 Å². The van der Waals surface area contributed by atoms with Crippen LogP contribution in [0.5, 0.6) is 0 Å². The fraction of sp³-hybridized carbons (Fsp3) is 0.0323. The van der Waals surface area contributed by atoms with Crippen LogP contribution < -0.4 is 0 Å². The number of benzene rings is 4. The van der Waals surface area contributed by atoms with Gasteiger partial charge in [-0.3, -0.25) is 0 Å². The van der Waals surface area contributed by atoms with Gasteiger partial charge in [-0.05, 0) is 63.2 Å². The van der Waals surface area contributed by atoms with Crippen molar-refractivity contribution in [1.29, 1.82) is 5.26 Å². The summed E-state index contributed by atoms with van der Waals surface area (Å²) in [6.07, 6.45) is 1.71. The van der Waals surface area contributed by atoms with E-state index in [-0.39, 0.29) is 0 Å². The summed E-state index contributed by atoms with van der Waals surface area (Å²) >= 11 is 6.59. The quantitative estimate of drug-likeness (QED) is 0.257. The number of hydrogen-bond acceptors (Lipinski definition) is 2. The van der Waals surface area contributed by atoms with Crippen molar-refractivity contribution in [2.75, 3.05) is 0 Å². The molecule has 1 aliphatic rings. The minimum atomic E-state index is -0.565. The Morgan fingerprint density at radius 2 is 1.32 bits per heavy atom. The molecule has 6 rings (SSSR count). The second-order valence-corrected chi connectivity index (χ2v) is 8.78. The molecule has 4 aromatic carbocycles. The predicted octanol–water partition coefficient (Wildman–Crippen LogP) is 7.64. The average Bonchev–Trinajstić information content (AvgIpc) is 3.20. The van der Waals surface area contributed by atoms with Gasteiger partial charge >= 0.3 is 0 Å². The molecule has 3 heteroatoms. The van der Waals surface area contributed by atoms with Gasteiger partial charge in [0.25, 0.3) is 0 Å². The highest BCUT2D eigenvalue weighted by Crippen LogP contribution is 2.58. The van der Waals surface area contributed by atoms with Crippen molar-refractivity contribution in [3.63, 3.8) is 0 Å². The molecule has 160 valence electrons. The van der Waals surface area contributed by atoms with E-state index in [4.69, 9.17) is 11.6 Å². The molecule has 1 aliphatic carbocycles. The number of nitriles is 1. The van der Waals surface area contributed by atoms with Gasteiger partial charge in [0.05, 0.1) is 17.0 Å². The molecule has 0 aliphatic heterocycles. The number of pyridine rings is 1.